The van der Waals surface area contributed by atoms with Gasteiger partial charge >= 0.3 is 0 Å². The summed E-state index contributed by atoms with van der Waals surface area (Å²) < 4.78 is 16.6. The standard InChI is InChI=1S/C14H10BrFN2/c1-9-3-2-4-14-17-13(8-18(9)14)11-7-10(15)5-6-12(11)16/h2-8H,1H3. The number of halogens is 2. The molecular formula is C14H10BrFN2. The second kappa shape index (κ2) is 4.21. The Bertz CT molecular complexity index is 734. The number of hydrogen-bond donors (Lipinski definition) is 0. The van der Waals surface area contributed by atoms with Crippen LogP contribution < -0.4 is 0 Å². The summed E-state index contributed by atoms with van der Waals surface area (Å²) in [5.41, 5.74) is 3.04. The van der Waals surface area contributed by atoms with Crippen molar-refractivity contribution in [2.45, 2.75) is 6.92 Å². The van der Waals surface area contributed by atoms with Crippen LogP contribution in [0.4, 0.5) is 4.39 Å². The summed E-state index contributed by atoms with van der Waals surface area (Å²) >= 11 is 3.35. The van der Waals surface area contributed by atoms with E-state index in [2.05, 4.69) is 20.9 Å². The topological polar surface area (TPSA) is 17.3 Å². The van der Waals surface area contributed by atoms with Crippen LogP contribution in [-0.2, 0) is 0 Å². The first-order chi connectivity index (χ1) is 8.65. The third-order valence-electron chi connectivity index (χ3n) is 2.90. The average molecular weight is 305 g/mol. The summed E-state index contributed by atoms with van der Waals surface area (Å²) in [5.74, 6) is -0.265. The number of aromatic nitrogens is 2. The Hall–Kier alpha value is -1.68. The van der Waals surface area contributed by atoms with Crippen LogP contribution in [0.15, 0.2) is 47.1 Å². The van der Waals surface area contributed by atoms with Crippen LogP contribution >= 0.6 is 15.9 Å². The number of fused-ring (bicyclic) bond motifs is 1. The van der Waals surface area contributed by atoms with E-state index in [-0.39, 0.29) is 5.82 Å². The molecule has 0 saturated carbocycles. The maximum Gasteiger partial charge on any atom is 0.137 e. The number of aryl methyl sites for hydroxylation is 1. The number of pyridine rings is 1. The molecule has 2 heterocycles. The molecule has 0 unspecified atom stereocenters. The van der Waals surface area contributed by atoms with Gasteiger partial charge in [0.05, 0.1) is 5.69 Å². The van der Waals surface area contributed by atoms with Gasteiger partial charge in [0.25, 0.3) is 0 Å². The van der Waals surface area contributed by atoms with Crippen LogP contribution in [0.1, 0.15) is 5.69 Å². The third-order valence-corrected chi connectivity index (χ3v) is 3.39. The maximum atomic E-state index is 13.8. The van der Waals surface area contributed by atoms with Crippen molar-refractivity contribution in [1.29, 1.82) is 0 Å². The van der Waals surface area contributed by atoms with E-state index in [1.165, 1.54) is 6.07 Å². The van der Waals surface area contributed by atoms with E-state index in [1.807, 2.05) is 35.7 Å². The first kappa shape index (κ1) is 11.4. The molecular weight excluding hydrogens is 295 g/mol. The molecule has 0 saturated heterocycles. The summed E-state index contributed by atoms with van der Waals surface area (Å²) in [5, 5.41) is 0. The van der Waals surface area contributed by atoms with Gasteiger partial charge in [0.15, 0.2) is 0 Å². The number of benzene rings is 1. The van der Waals surface area contributed by atoms with Crippen molar-refractivity contribution in [2.75, 3.05) is 0 Å². The van der Waals surface area contributed by atoms with Crippen molar-refractivity contribution in [1.82, 2.24) is 9.38 Å². The van der Waals surface area contributed by atoms with Gasteiger partial charge in [0.1, 0.15) is 11.5 Å². The highest BCUT2D eigenvalue weighted by Gasteiger charge is 2.10. The predicted octanol–water partition coefficient (Wildman–Crippen LogP) is 4.21. The number of imidazole rings is 1. The van der Waals surface area contributed by atoms with Crippen molar-refractivity contribution in [2.24, 2.45) is 0 Å². The first-order valence-electron chi connectivity index (χ1n) is 5.55. The molecule has 3 aromatic rings. The Labute approximate surface area is 112 Å². The summed E-state index contributed by atoms with van der Waals surface area (Å²) in [7, 11) is 0. The zero-order valence-electron chi connectivity index (χ0n) is 9.69. The fraction of sp³-hybridized carbons (Fsp3) is 0.0714. The molecule has 0 aliphatic carbocycles. The van der Waals surface area contributed by atoms with Crippen molar-refractivity contribution >= 4 is 21.6 Å². The zero-order valence-corrected chi connectivity index (χ0v) is 11.3. The van der Waals surface area contributed by atoms with Gasteiger partial charge in [-0.25, -0.2) is 9.37 Å². The fourth-order valence-electron chi connectivity index (χ4n) is 1.97. The van der Waals surface area contributed by atoms with Crippen molar-refractivity contribution in [3.05, 3.63) is 58.6 Å². The smallest absolute Gasteiger partial charge is 0.137 e. The first-order valence-corrected chi connectivity index (χ1v) is 6.34. The lowest BCUT2D eigenvalue weighted by molar-refractivity contribution is 0.630. The lowest BCUT2D eigenvalue weighted by Crippen LogP contribution is -1.86. The van der Waals surface area contributed by atoms with Gasteiger partial charge in [-0.1, -0.05) is 22.0 Å². The van der Waals surface area contributed by atoms with Crippen LogP contribution in [0.2, 0.25) is 0 Å². The molecule has 2 nitrogen and oxygen atoms in total. The highest BCUT2D eigenvalue weighted by atomic mass is 79.9. The molecule has 90 valence electrons. The molecule has 3 rings (SSSR count). The molecule has 0 N–H and O–H groups in total. The minimum Gasteiger partial charge on any atom is -0.304 e. The van der Waals surface area contributed by atoms with Crippen molar-refractivity contribution in [3.8, 4) is 11.3 Å². The Kier molecular flexibility index (Phi) is 2.67. The van der Waals surface area contributed by atoms with E-state index in [9.17, 15) is 4.39 Å². The molecule has 18 heavy (non-hydrogen) atoms. The molecule has 0 radical (unpaired) electrons. The molecule has 0 atom stereocenters. The van der Waals surface area contributed by atoms with Gasteiger partial charge in [-0.2, -0.15) is 0 Å². The molecule has 0 fully saturated rings. The Morgan fingerprint density at radius 2 is 2.06 bits per heavy atom. The Morgan fingerprint density at radius 1 is 1.22 bits per heavy atom. The van der Waals surface area contributed by atoms with E-state index in [0.717, 1.165) is 15.8 Å². The second-order valence-corrected chi connectivity index (χ2v) is 5.06. The minimum absolute atomic E-state index is 0.265. The minimum atomic E-state index is -0.265. The van der Waals surface area contributed by atoms with E-state index in [1.54, 1.807) is 12.1 Å². The summed E-state index contributed by atoms with van der Waals surface area (Å²) in [6.45, 7) is 2.00. The van der Waals surface area contributed by atoms with Gasteiger partial charge < -0.3 is 4.40 Å². The quantitative estimate of drug-likeness (QED) is 0.658. The third kappa shape index (κ3) is 1.82. The van der Waals surface area contributed by atoms with E-state index >= 15 is 0 Å². The van der Waals surface area contributed by atoms with Crippen LogP contribution in [-0.4, -0.2) is 9.38 Å². The maximum absolute atomic E-state index is 13.8. The Morgan fingerprint density at radius 3 is 2.83 bits per heavy atom. The molecule has 2 aromatic heterocycles. The highest BCUT2D eigenvalue weighted by molar-refractivity contribution is 9.10. The molecule has 0 amide bonds. The van der Waals surface area contributed by atoms with Gasteiger partial charge in [-0.05, 0) is 37.3 Å². The highest BCUT2D eigenvalue weighted by Crippen LogP contribution is 2.26. The van der Waals surface area contributed by atoms with Gasteiger partial charge in [0.2, 0.25) is 0 Å². The Balaban J connectivity index is 2.26. The lowest BCUT2D eigenvalue weighted by Gasteiger charge is -1.99. The van der Waals surface area contributed by atoms with Crippen LogP contribution in [0, 0.1) is 12.7 Å². The molecule has 0 aliphatic rings. The predicted molar refractivity (Wildman–Crippen MR) is 73.0 cm³/mol. The second-order valence-electron chi connectivity index (χ2n) is 4.15. The van der Waals surface area contributed by atoms with Crippen LogP contribution in [0.3, 0.4) is 0 Å². The molecule has 1 aromatic carbocycles. The molecule has 4 heteroatoms. The normalized spacial score (nSPS) is 11.1. The van der Waals surface area contributed by atoms with Crippen molar-refractivity contribution < 1.29 is 4.39 Å². The van der Waals surface area contributed by atoms with Gasteiger partial charge in [-0.15, -0.1) is 0 Å². The SMILES string of the molecule is Cc1cccc2nc(-c3cc(Br)ccc3F)cn12. The van der Waals surface area contributed by atoms with Crippen molar-refractivity contribution in [3.63, 3.8) is 0 Å². The largest absolute Gasteiger partial charge is 0.304 e. The summed E-state index contributed by atoms with van der Waals surface area (Å²) in [6.07, 6.45) is 1.86. The van der Waals surface area contributed by atoms with Crippen LogP contribution in [0.5, 0.6) is 0 Å². The fourth-order valence-corrected chi connectivity index (χ4v) is 2.33. The zero-order chi connectivity index (χ0) is 12.7. The van der Waals surface area contributed by atoms with Gasteiger partial charge in [-0.3, -0.25) is 0 Å². The lowest BCUT2D eigenvalue weighted by atomic mass is 10.1. The molecule has 0 spiro atoms. The average Bonchev–Trinajstić information content (AvgIpc) is 2.77. The number of hydrogen-bond acceptors (Lipinski definition) is 1. The number of rotatable bonds is 1. The van der Waals surface area contributed by atoms with Gasteiger partial charge in [0, 0.05) is 21.9 Å². The molecule has 0 bridgehead atoms. The van der Waals surface area contributed by atoms with E-state index in [0.29, 0.717) is 11.3 Å². The van der Waals surface area contributed by atoms with Crippen LogP contribution in [0.25, 0.3) is 16.9 Å². The summed E-state index contributed by atoms with van der Waals surface area (Å²) in [6, 6.07) is 10.7. The van der Waals surface area contributed by atoms with E-state index in [4.69, 9.17) is 0 Å². The number of nitrogens with zero attached hydrogens (tertiary/aromatic N) is 2. The van der Waals surface area contributed by atoms with E-state index < -0.39 is 0 Å². The monoisotopic (exact) mass is 304 g/mol. The summed E-state index contributed by atoms with van der Waals surface area (Å²) in [4.78, 5) is 4.45. The molecule has 0 aliphatic heterocycles.